The van der Waals surface area contributed by atoms with E-state index in [0.29, 0.717) is 17.8 Å². The van der Waals surface area contributed by atoms with Crippen molar-refractivity contribution in [2.24, 2.45) is 11.8 Å². The van der Waals surface area contributed by atoms with Crippen LogP contribution in [0.2, 0.25) is 0 Å². The van der Waals surface area contributed by atoms with Gasteiger partial charge in [0.1, 0.15) is 6.10 Å². The fraction of sp³-hybridized carbons (Fsp3) is 0.278. The molecule has 0 aliphatic heterocycles. The van der Waals surface area contributed by atoms with E-state index in [-0.39, 0.29) is 29.1 Å². The smallest absolute Gasteiger partial charge is 0.461 e. The van der Waals surface area contributed by atoms with E-state index in [9.17, 15) is 4.79 Å². The number of hydrogen-bond donors (Lipinski definition) is 0. The van der Waals surface area contributed by atoms with Crippen LogP contribution in [0.5, 0.6) is 0 Å². The zero-order chi connectivity index (χ0) is 13.8. The molecule has 0 N–H and O–H groups in total. The molecule has 0 heterocycles. The second-order valence-corrected chi connectivity index (χ2v) is 5.36. The Kier molecular flexibility index (Phi) is 6.82. The summed E-state index contributed by atoms with van der Waals surface area (Å²) in [4.78, 5) is 11.7. The van der Waals surface area contributed by atoms with Gasteiger partial charge in [-0.05, 0) is 76.5 Å². The van der Waals surface area contributed by atoms with Gasteiger partial charge in [0.2, 0.25) is 0 Å². The summed E-state index contributed by atoms with van der Waals surface area (Å²) >= 11 is 0. The van der Waals surface area contributed by atoms with Crippen molar-refractivity contribution in [2.75, 3.05) is 0 Å². The molecule has 0 amide bonds. The Morgan fingerprint density at radius 1 is 0.905 bits per heavy atom. The number of carbonyl (C=O) groups excluding carboxylic acids is 1. The minimum atomic E-state index is -0.175. The van der Waals surface area contributed by atoms with Gasteiger partial charge in [-0.15, -0.1) is 0 Å². The summed E-state index contributed by atoms with van der Waals surface area (Å²) in [7, 11) is 0. The van der Waals surface area contributed by atoms with E-state index in [2.05, 4.69) is 12.2 Å². The molecule has 2 nitrogen and oxygen atoms in total. The molecule has 3 heteroatoms. The van der Waals surface area contributed by atoms with Gasteiger partial charge in [0.25, 0.3) is 0 Å². The Balaban J connectivity index is 0.000000231. The fourth-order valence-corrected chi connectivity index (χ4v) is 2.90. The Hall–Kier alpha value is -0.271. The molecule has 0 aromatic carbocycles. The summed E-state index contributed by atoms with van der Waals surface area (Å²) in [6.45, 7) is 0. The average Bonchev–Trinajstić information content (AvgIpc) is 3.23. The van der Waals surface area contributed by atoms with Gasteiger partial charge in [-0.3, -0.25) is 4.79 Å². The van der Waals surface area contributed by atoms with Crippen LogP contribution in [0.15, 0.2) is 12.2 Å². The van der Waals surface area contributed by atoms with Gasteiger partial charge in [-0.2, -0.15) is 0 Å². The maximum atomic E-state index is 11.7. The quantitative estimate of drug-likeness (QED) is 0.444. The standard InChI is InChI=1S/C13H13O2.C5H5.Fe/c14-13(10-3-1-2-4-10)15-12-8-9-5-6-11(12)7-9;1-2-4-5-3-1;/h1-6,9,11-12H,7-8H2;1-5H;/q;;+2. The van der Waals surface area contributed by atoms with Crippen LogP contribution in [-0.4, -0.2) is 12.1 Å². The van der Waals surface area contributed by atoms with Gasteiger partial charge in [0.15, 0.2) is 0 Å². The summed E-state index contributed by atoms with van der Waals surface area (Å²) in [5.41, 5.74) is 0. The zero-order valence-corrected chi connectivity index (χ0v) is 12.8. The van der Waals surface area contributed by atoms with E-state index < -0.39 is 0 Å². The van der Waals surface area contributed by atoms with Gasteiger partial charge in [-0.1, -0.05) is 12.2 Å². The molecule has 4 aliphatic rings. The number of esters is 1. The van der Waals surface area contributed by atoms with Crippen molar-refractivity contribution in [3.05, 3.63) is 75.9 Å². The molecule has 3 saturated carbocycles. The first-order chi connectivity index (χ1) is 9.83. The second-order valence-electron chi connectivity index (χ2n) is 5.36. The predicted molar refractivity (Wildman–Crippen MR) is 77.2 cm³/mol. The SMILES string of the molecule is O=C(OC1CC2C=CC1C2)[C]1[CH][CH][CH][CH]1.[CH]1[CH][CH][CH][CH]1.[Fe+2]. The number of rotatable bonds is 2. The van der Waals surface area contributed by atoms with Crippen LogP contribution in [0.25, 0.3) is 0 Å². The predicted octanol–water partition coefficient (Wildman–Crippen LogP) is 2.92. The number of allylic oxidation sites excluding steroid dienone is 1. The van der Waals surface area contributed by atoms with Crippen molar-refractivity contribution in [1.29, 1.82) is 0 Å². The molecule has 4 rings (SSSR count). The molecule has 21 heavy (non-hydrogen) atoms. The van der Waals surface area contributed by atoms with E-state index >= 15 is 0 Å². The third kappa shape index (κ3) is 4.60. The van der Waals surface area contributed by atoms with E-state index in [1.165, 1.54) is 6.42 Å². The molecule has 3 atom stereocenters. The summed E-state index contributed by atoms with van der Waals surface area (Å²) in [5, 5.41) is 0. The van der Waals surface area contributed by atoms with Gasteiger partial charge < -0.3 is 4.74 Å². The summed E-state index contributed by atoms with van der Waals surface area (Å²) in [5.74, 6) is 1.61. The number of fused-ring (bicyclic) bond motifs is 2. The number of ether oxygens (including phenoxy) is 1. The van der Waals surface area contributed by atoms with E-state index in [1.54, 1.807) is 12.8 Å². The topological polar surface area (TPSA) is 26.3 Å². The molecule has 10 radical (unpaired) electrons. The summed E-state index contributed by atoms with van der Waals surface area (Å²) < 4.78 is 5.50. The molecule has 108 valence electrons. The van der Waals surface area contributed by atoms with Gasteiger partial charge >= 0.3 is 23.0 Å². The van der Waals surface area contributed by atoms with Crippen LogP contribution in [0.4, 0.5) is 0 Å². The van der Waals surface area contributed by atoms with E-state index in [0.717, 1.165) is 6.42 Å². The normalized spacial score (nSPS) is 33.4. The number of hydrogen-bond acceptors (Lipinski definition) is 2. The molecule has 0 aromatic heterocycles. The van der Waals surface area contributed by atoms with Crippen molar-refractivity contribution < 1.29 is 26.6 Å². The van der Waals surface area contributed by atoms with Crippen LogP contribution in [-0.2, 0) is 26.6 Å². The van der Waals surface area contributed by atoms with Crippen LogP contribution in [0.1, 0.15) is 12.8 Å². The molecular weight excluding hydrogens is 304 g/mol. The third-order valence-corrected chi connectivity index (χ3v) is 3.93. The van der Waals surface area contributed by atoms with Gasteiger partial charge in [0.05, 0.1) is 5.92 Å². The van der Waals surface area contributed by atoms with Crippen molar-refractivity contribution in [1.82, 2.24) is 0 Å². The Morgan fingerprint density at radius 2 is 1.52 bits per heavy atom. The minimum Gasteiger partial charge on any atom is -0.461 e. The molecule has 0 saturated heterocycles. The Morgan fingerprint density at radius 3 is 2.00 bits per heavy atom. The molecule has 3 unspecified atom stereocenters. The van der Waals surface area contributed by atoms with Crippen molar-refractivity contribution in [2.45, 2.75) is 18.9 Å². The number of carbonyl (C=O) groups is 1. The molecule has 0 spiro atoms. The minimum absolute atomic E-state index is 0. The molecule has 3 fully saturated rings. The van der Waals surface area contributed by atoms with Gasteiger partial charge in [0, 0.05) is 5.92 Å². The molecular formula is C18H18FeO2+2. The third-order valence-electron chi connectivity index (χ3n) is 3.93. The van der Waals surface area contributed by atoms with Crippen LogP contribution < -0.4 is 0 Å². The summed E-state index contributed by atoms with van der Waals surface area (Å²) in [6, 6.07) is 0. The van der Waals surface area contributed by atoms with Crippen LogP contribution >= 0.6 is 0 Å². The van der Waals surface area contributed by atoms with Crippen LogP contribution in [0, 0.1) is 75.5 Å². The van der Waals surface area contributed by atoms with Crippen molar-refractivity contribution in [3.8, 4) is 0 Å². The first-order valence-electron chi connectivity index (χ1n) is 7.10. The monoisotopic (exact) mass is 322 g/mol. The first kappa shape index (κ1) is 17.1. The van der Waals surface area contributed by atoms with Gasteiger partial charge in [-0.25, -0.2) is 0 Å². The van der Waals surface area contributed by atoms with Crippen molar-refractivity contribution in [3.63, 3.8) is 0 Å². The largest absolute Gasteiger partial charge is 2.00 e. The molecule has 4 aliphatic carbocycles. The van der Waals surface area contributed by atoms with E-state index in [4.69, 9.17) is 4.74 Å². The average molecular weight is 322 g/mol. The molecule has 2 bridgehead atoms. The Labute approximate surface area is 139 Å². The molecule has 0 aromatic rings. The maximum absolute atomic E-state index is 11.7. The Bertz CT molecular complexity index is 349. The van der Waals surface area contributed by atoms with Crippen molar-refractivity contribution >= 4 is 5.97 Å². The first-order valence-corrected chi connectivity index (χ1v) is 7.10. The zero-order valence-electron chi connectivity index (χ0n) is 11.7. The second kappa shape index (κ2) is 8.39. The fourth-order valence-electron chi connectivity index (χ4n) is 2.90. The maximum Gasteiger partial charge on any atom is 2.00 e. The van der Waals surface area contributed by atoms with E-state index in [1.807, 2.05) is 44.9 Å². The van der Waals surface area contributed by atoms with Crippen LogP contribution in [0.3, 0.4) is 0 Å². The summed E-state index contributed by atoms with van der Waals surface area (Å²) in [6.07, 6.45) is 24.0.